The number of carbonyl (C=O) groups is 1. The molecule has 1 aliphatic rings. The molecule has 0 spiro atoms. The number of morpholine rings is 1. The Balaban J connectivity index is 1.35. The first-order valence-corrected chi connectivity index (χ1v) is 13.5. The summed E-state index contributed by atoms with van der Waals surface area (Å²) in [4.78, 5) is 15.6. The molecule has 34 heavy (non-hydrogen) atoms. The van der Waals surface area contributed by atoms with Crippen LogP contribution in [0.4, 0.5) is 5.69 Å². The number of anilines is 1. The number of nitrogens with zero attached hydrogens (tertiary/aromatic N) is 2. The summed E-state index contributed by atoms with van der Waals surface area (Å²) < 4.78 is 32.8. The normalized spacial score (nSPS) is 14.6. The molecule has 1 aliphatic heterocycles. The van der Waals surface area contributed by atoms with Crippen molar-refractivity contribution in [1.82, 2.24) is 9.62 Å². The van der Waals surface area contributed by atoms with E-state index in [1.54, 1.807) is 18.2 Å². The van der Waals surface area contributed by atoms with Crippen molar-refractivity contribution in [2.24, 2.45) is 0 Å². The van der Waals surface area contributed by atoms with Crippen molar-refractivity contribution in [2.75, 3.05) is 51.3 Å². The molecule has 1 N–H and O–H groups in total. The SMILES string of the molecule is CN(CCCNC(=O)c1cccc(-c2ccc(S(=O)(=O)N3CCOCC3)s2)c1)c1ccccc1. The van der Waals surface area contributed by atoms with Gasteiger partial charge in [-0.2, -0.15) is 4.31 Å². The van der Waals surface area contributed by atoms with Gasteiger partial charge in [-0.3, -0.25) is 4.79 Å². The summed E-state index contributed by atoms with van der Waals surface area (Å²) in [7, 11) is -1.49. The quantitative estimate of drug-likeness (QED) is 0.454. The predicted molar refractivity (Wildman–Crippen MR) is 136 cm³/mol. The van der Waals surface area contributed by atoms with Crippen molar-refractivity contribution in [3.05, 3.63) is 72.3 Å². The highest BCUT2D eigenvalue weighted by Crippen LogP contribution is 2.33. The van der Waals surface area contributed by atoms with Gasteiger partial charge in [0.2, 0.25) is 0 Å². The van der Waals surface area contributed by atoms with Crippen LogP contribution in [-0.4, -0.2) is 65.1 Å². The molecule has 3 aromatic rings. The number of thiophene rings is 1. The first-order chi connectivity index (χ1) is 16.4. The van der Waals surface area contributed by atoms with E-state index in [9.17, 15) is 13.2 Å². The molecule has 180 valence electrons. The van der Waals surface area contributed by atoms with Gasteiger partial charge in [0.15, 0.2) is 0 Å². The first-order valence-electron chi connectivity index (χ1n) is 11.3. The fraction of sp³-hybridized carbons (Fsp3) is 0.320. The van der Waals surface area contributed by atoms with Crippen LogP contribution in [0.1, 0.15) is 16.8 Å². The zero-order chi connectivity index (χ0) is 24.0. The lowest BCUT2D eigenvalue weighted by atomic mass is 10.1. The molecule has 1 saturated heterocycles. The first kappa shape index (κ1) is 24.4. The lowest BCUT2D eigenvalue weighted by Gasteiger charge is -2.25. The molecule has 0 unspecified atom stereocenters. The van der Waals surface area contributed by atoms with Crippen LogP contribution in [-0.2, 0) is 14.8 Å². The minimum atomic E-state index is -3.53. The van der Waals surface area contributed by atoms with Gasteiger partial charge in [0, 0.05) is 49.4 Å². The van der Waals surface area contributed by atoms with Crippen molar-refractivity contribution in [2.45, 2.75) is 10.6 Å². The van der Waals surface area contributed by atoms with Crippen molar-refractivity contribution in [3.8, 4) is 10.4 Å². The maximum Gasteiger partial charge on any atom is 0.252 e. The van der Waals surface area contributed by atoms with E-state index in [0.717, 1.165) is 29.1 Å². The molecule has 1 aromatic heterocycles. The Kier molecular flexibility index (Phi) is 7.99. The summed E-state index contributed by atoms with van der Waals surface area (Å²) in [6, 6.07) is 20.9. The van der Waals surface area contributed by atoms with Crippen LogP contribution < -0.4 is 10.2 Å². The van der Waals surface area contributed by atoms with Gasteiger partial charge < -0.3 is 15.0 Å². The summed E-state index contributed by atoms with van der Waals surface area (Å²) in [5, 5.41) is 2.98. The van der Waals surface area contributed by atoms with E-state index in [4.69, 9.17) is 4.74 Å². The third-order valence-corrected chi connectivity index (χ3v) is 9.21. The predicted octanol–water partition coefficient (Wildman–Crippen LogP) is 3.69. The highest BCUT2D eigenvalue weighted by atomic mass is 32.2. The van der Waals surface area contributed by atoms with Gasteiger partial charge in [-0.1, -0.05) is 30.3 Å². The molecule has 7 nitrogen and oxygen atoms in total. The van der Waals surface area contributed by atoms with Gasteiger partial charge in [0.05, 0.1) is 13.2 Å². The van der Waals surface area contributed by atoms with E-state index >= 15 is 0 Å². The van der Waals surface area contributed by atoms with Gasteiger partial charge in [0.25, 0.3) is 15.9 Å². The number of hydrogen-bond acceptors (Lipinski definition) is 6. The molecular formula is C25H29N3O4S2. The van der Waals surface area contributed by atoms with Crippen LogP contribution in [0.25, 0.3) is 10.4 Å². The maximum atomic E-state index is 12.9. The third-order valence-electron chi connectivity index (χ3n) is 5.71. The zero-order valence-electron chi connectivity index (χ0n) is 19.1. The summed E-state index contributed by atoms with van der Waals surface area (Å²) in [6.07, 6.45) is 0.824. The fourth-order valence-electron chi connectivity index (χ4n) is 3.77. The van der Waals surface area contributed by atoms with Crippen molar-refractivity contribution >= 4 is 33.0 Å². The molecule has 2 heterocycles. The second-order valence-electron chi connectivity index (χ2n) is 8.08. The number of hydrogen-bond donors (Lipinski definition) is 1. The lowest BCUT2D eigenvalue weighted by molar-refractivity contribution is 0.0731. The largest absolute Gasteiger partial charge is 0.379 e. The van der Waals surface area contributed by atoms with Crippen molar-refractivity contribution in [1.29, 1.82) is 0 Å². The standard InChI is InChI=1S/C25H29N3O4S2/c1-27(22-9-3-2-4-10-22)14-6-13-26-25(29)21-8-5-7-20(19-21)23-11-12-24(33-23)34(30,31)28-15-17-32-18-16-28/h2-5,7-12,19H,6,13-18H2,1H3,(H,26,29). The Hall–Kier alpha value is -2.72. The van der Waals surface area contributed by atoms with Gasteiger partial charge in [0.1, 0.15) is 4.21 Å². The molecule has 0 aliphatic carbocycles. The molecule has 9 heteroatoms. The van der Waals surface area contributed by atoms with Crippen LogP contribution in [0.3, 0.4) is 0 Å². The Morgan fingerprint density at radius 1 is 1.06 bits per heavy atom. The monoisotopic (exact) mass is 499 g/mol. The Morgan fingerprint density at radius 3 is 2.59 bits per heavy atom. The third kappa shape index (κ3) is 5.85. The molecule has 0 bridgehead atoms. The highest BCUT2D eigenvalue weighted by Gasteiger charge is 2.28. The number of rotatable bonds is 9. The molecule has 1 fully saturated rings. The Morgan fingerprint density at radius 2 is 1.82 bits per heavy atom. The Labute approximate surface area is 205 Å². The van der Waals surface area contributed by atoms with Crippen LogP contribution in [0.2, 0.25) is 0 Å². The number of ether oxygens (including phenoxy) is 1. The van der Waals surface area contributed by atoms with Gasteiger partial charge >= 0.3 is 0 Å². The minimum absolute atomic E-state index is 0.137. The number of amides is 1. The molecular weight excluding hydrogens is 470 g/mol. The van der Waals surface area contributed by atoms with Crippen LogP contribution in [0.5, 0.6) is 0 Å². The summed E-state index contributed by atoms with van der Waals surface area (Å²) >= 11 is 1.22. The number of para-hydroxylation sites is 1. The molecule has 2 aromatic carbocycles. The van der Waals surface area contributed by atoms with Gasteiger partial charge in [-0.25, -0.2) is 8.42 Å². The highest BCUT2D eigenvalue weighted by molar-refractivity contribution is 7.91. The average molecular weight is 500 g/mol. The number of carbonyl (C=O) groups excluding carboxylic acids is 1. The number of sulfonamides is 1. The number of benzene rings is 2. The molecule has 0 saturated carbocycles. The van der Waals surface area contributed by atoms with E-state index < -0.39 is 10.0 Å². The van der Waals surface area contributed by atoms with E-state index in [0.29, 0.717) is 42.6 Å². The topological polar surface area (TPSA) is 79.0 Å². The second-order valence-corrected chi connectivity index (χ2v) is 11.3. The molecule has 1 amide bonds. The van der Waals surface area contributed by atoms with E-state index in [-0.39, 0.29) is 5.91 Å². The fourth-order valence-corrected chi connectivity index (χ4v) is 6.64. The summed E-state index contributed by atoms with van der Waals surface area (Å²) in [5.74, 6) is -0.137. The van der Waals surface area contributed by atoms with Crippen LogP contribution in [0, 0.1) is 0 Å². The lowest BCUT2D eigenvalue weighted by Crippen LogP contribution is -2.40. The van der Waals surface area contributed by atoms with E-state index in [1.807, 2.05) is 43.4 Å². The van der Waals surface area contributed by atoms with Crippen LogP contribution >= 0.6 is 11.3 Å². The van der Waals surface area contributed by atoms with E-state index in [2.05, 4.69) is 22.3 Å². The molecule has 0 radical (unpaired) electrons. The van der Waals surface area contributed by atoms with Crippen molar-refractivity contribution < 1.29 is 17.9 Å². The zero-order valence-corrected chi connectivity index (χ0v) is 20.8. The van der Waals surface area contributed by atoms with E-state index in [1.165, 1.54) is 15.6 Å². The van der Waals surface area contributed by atoms with Gasteiger partial charge in [-0.15, -0.1) is 11.3 Å². The summed E-state index contributed by atoms with van der Waals surface area (Å²) in [6.45, 7) is 2.97. The average Bonchev–Trinajstić information content (AvgIpc) is 3.39. The second kappa shape index (κ2) is 11.1. The maximum absolute atomic E-state index is 12.9. The summed E-state index contributed by atoms with van der Waals surface area (Å²) in [5.41, 5.74) is 2.53. The minimum Gasteiger partial charge on any atom is -0.379 e. The molecule has 0 atom stereocenters. The Bertz CT molecular complexity index is 1210. The smallest absolute Gasteiger partial charge is 0.252 e. The van der Waals surface area contributed by atoms with Crippen LogP contribution in [0.15, 0.2) is 70.9 Å². The number of nitrogens with one attached hydrogen (secondary N) is 1. The van der Waals surface area contributed by atoms with Gasteiger partial charge in [-0.05, 0) is 48.4 Å². The molecule has 4 rings (SSSR count). The van der Waals surface area contributed by atoms with Crippen molar-refractivity contribution in [3.63, 3.8) is 0 Å².